The highest BCUT2D eigenvalue weighted by Crippen LogP contribution is 2.20. The molecule has 0 atom stereocenters. The molecule has 0 bridgehead atoms. The molecule has 0 saturated carbocycles. The van der Waals surface area contributed by atoms with Gasteiger partial charge in [0.15, 0.2) is 4.98 Å². The lowest BCUT2D eigenvalue weighted by molar-refractivity contribution is 0.622. The number of rotatable bonds is 0. The van der Waals surface area contributed by atoms with Crippen LogP contribution in [0.1, 0.15) is 0 Å². The largest absolute Gasteiger partial charge is 0.388 e. The minimum absolute atomic E-state index is 0.209. The molecule has 4 heteroatoms. The zero-order chi connectivity index (χ0) is 7.56. The van der Waals surface area contributed by atoms with Crippen molar-refractivity contribution in [2.45, 2.75) is 0 Å². The van der Waals surface area contributed by atoms with E-state index < -0.39 is 5.82 Å². The van der Waals surface area contributed by atoms with E-state index in [1.54, 1.807) is 0 Å². The summed E-state index contributed by atoms with van der Waals surface area (Å²) in [5.41, 5.74) is 0.209. The smallest absolute Gasteiger partial charge is 0.205 e. The van der Waals surface area contributed by atoms with E-state index in [0.717, 1.165) is 6.07 Å². The van der Waals surface area contributed by atoms with Crippen LogP contribution in [0.5, 0.6) is 0 Å². The number of hydrogen-bond donors (Lipinski definition) is 0. The van der Waals surface area contributed by atoms with E-state index in [2.05, 4.69) is 20.9 Å². The summed E-state index contributed by atoms with van der Waals surface area (Å²) >= 11 is 2.96. The van der Waals surface area contributed by atoms with Crippen molar-refractivity contribution in [3.05, 3.63) is 33.5 Å². The molecule has 0 heterocycles. The van der Waals surface area contributed by atoms with Crippen molar-refractivity contribution in [3.63, 3.8) is 0 Å². The molecule has 0 aromatic heterocycles. The third-order valence-electron chi connectivity index (χ3n) is 1.02. The van der Waals surface area contributed by atoms with Crippen LogP contribution in [0.2, 0.25) is 0 Å². The maximum atomic E-state index is 12.5. The van der Waals surface area contributed by atoms with Gasteiger partial charge >= 0.3 is 5.69 Å². The fourth-order valence-electron chi connectivity index (χ4n) is 0.547. The van der Waals surface area contributed by atoms with Gasteiger partial charge in [-0.1, -0.05) is 0 Å². The number of halogens is 2. The van der Waals surface area contributed by atoms with Crippen LogP contribution in [0.25, 0.3) is 4.98 Å². The van der Waals surface area contributed by atoms with Crippen LogP contribution in [-0.4, -0.2) is 0 Å². The number of nitrogens with zero attached hydrogens (tertiary/aromatic N) is 2. The van der Waals surface area contributed by atoms with Crippen molar-refractivity contribution in [1.82, 2.24) is 0 Å². The Morgan fingerprint density at radius 1 is 1.50 bits per heavy atom. The Hall–Kier alpha value is -0.950. The van der Waals surface area contributed by atoms with Crippen molar-refractivity contribution >= 4 is 21.6 Å². The lowest BCUT2D eigenvalue weighted by Gasteiger charge is -1.86. The van der Waals surface area contributed by atoms with Crippen LogP contribution in [0.15, 0.2) is 22.7 Å². The molecule has 1 aromatic carbocycles. The summed E-state index contributed by atoms with van der Waals surface area (Å²) in [5, 5.41) is 8.20. The normalized spacial score (nSPS) is 8.90. The zero-order valence-electron chi connectivity index (χ0n) is 4.88. The van der Waals surface area contributed by atoms with Gasteiger partial charge in [-0.3, -0.25) is 0 Å². The predicted molar refractivity (Wildman–Crippen MR) is 38.8 cm³/mol. The quantitative estimate of drug-likeness (QED) is 0.594. The van der Waals surface area contributed by atoms with E-state index >= 15 is 0 Å². The molecule has 0 spiro atoms. The highest BCUT2D eigenvalue weighted by atomic mass is 79.9. The van der Waals surface area contributed by atoms with Gasteiger partial charge in [-0.15, -0.1) is 0 Å². The second-order valence-electron chi connectivity index (χ2n) is 1.70. The third-order valence-corrected chi connectivity index (χ3v) is 1.66. The number of diazo groups is 1. The van der Waals surface area contributed by atoms with Gasteiger partial charge in [0.05, 0.1) is 10.5 Å². The van der Waals surface area contributed by atoms with Crippen LogP contribution < -0.4 is 0 Å². The van der Waals surface area contributed by atoms with Crippen LogP contribution >= 0.6 is 15.9 Å². The molecule has 0 aliphatic rings. The van der Waals surface area contributed by atoms with Gasteiger partial charge in [-0.25, -0.2) is 4.39 Å². The molecule has 10 heavy (non-hydrogen) atoms. The average Bonchev–Trinajstić information content (AvgIpc) is 1.95. The molecule has 0 saturated heterocycles. The first-order valence-corrected chi connectivity index (χ1v) is 3.33. The molecule has 0 fully saturated rings. The average molecular weight is 202 g/mol. The molecular formula is C6H3BrFN2+. The van der Waals surface area contributed by atoms with Crippen LogP contribution in [-0.2, 0) is 0 Å². The Balaban J connectivity index is 3.20. The van der Waals surface area contributed by atoms with Crippen molar-refractivity contribution in [3.8, 4) is 0 Å². The maximum Gasteiger partial charge on any atom is 0.388 e. The second-order valence-corrected chi connectivity index (χ2v) is 2.55. The zero-order valence-corrected chi connectivity index (χ0v) is 6.47. The first-order valence-electron chi connectivity index (χ1n) is 2.54. The lowest BCUT2D eigenvalue weighted by atomic mass is 10.3. The molecule has 0 unspecified atom stereocenters. The van der Waals surface area contributed by atoms with E-state index in [9.17, 15) is 4.39 Å². The fraction of sp³-hybridized carbons (Fsp3) is 0. The standard InChI is InChI=1S/C6H3BrFN2/c7-5-2-1-4(10-9)3-6(5)8/h1-3H/q+1. The van der Waals surface area contributed by atoms with Crippen LogP contribution in [0.4, 0.5) is 10.1 Å². The van der Waals surface area contributed by atoms with Gasteiger partial charge in [-0.2, -0.15) is 0 Å². The first-order chi connectivity index (χ1) is 4.74. The van der Waals surface area contributed by atoms with Gasteiger partial charge in [-0.05, 0) is 22.0 Å². The van der Waals surface area contributed by atoms with Crippen LogP contribution in [0.3, 0.4) is 0 Å². The molecule has 2 nitrogen and oxygen atoms in total. The Bertz CT molecular complexity index is 292. The summed E-state index contributed by atoms with van der Waals surface area (Å²) in [6, 6.07) is 4.10. The van der Waals surface area contributed by atoms with E-state index in [4.69, 9.17) is 5.39 Å². The van der Waals surface area contributed by atoms with Crippen molar-refractivity contribution in [2.75, 3.05) is 0 Å². The molecule has 0 aliphatic carbocycles. The van der Waals surface area contributed by atoms with Gasteiger partial charge < -0.3 is 0 Å². The summed E-state index contributed by atoms with van der Waals surface area (Å²) in [7, 11) is 0. The fourth-order valence-corrected chi connectivity index (χ4v) is 0.794. The summed E-state index contributed by atoms with van der Waals surface area (Å²) in [6.45, 7) is 0. The lowest BCUT2D eigenvalue weighted by Crippen LogP contribution is -1.72. The highest BCUT2D eigenvalue weighted by molar-refractivity contribution is 9.10. The molecular weight excluding hydrogens is 199 g/mol. The Labute approximate surface area is 65.4 Å². The Morgan fingerprint density at radius 3 is 2.70 bits per heavy atom. The molecule has 0 radical (unpaired) electrons. The van der Waals surface area contributed by atoms with Crippen molar-refractivity contribution in [2.24, 2.45) is 0 Å². The summed E-state index contributed by atoms with van der Waals surface area (Å²) < 4.78 is 12.9. The number of benzene rings is 1. The first kappa shape index (κ1) is 7.16. The van der Waals surface area contributed by atoms with Crippen molar-refractivity contribution in [1.29, 1.82) is 5.39 Å². The molecule has 1 rings (SSSR count). The summed E-state index contributed by atoms with van der Waals surface area (Å²) in [5.74, 6) is -0.435. The SMILES string of the molecule is N#[N+]c1ccc(Br)c(F)c1. The van der Waals surface area contributed by atoms with Gasteiger partial charge in [0.2, 0.25) is 5.39 Å². The topological polar surface area (TPSA) is 28.1 Å². The number of hydrogen-bond acceptors (Lipinski definition) is 1. The second kappa shape index (κ2) is 2.76. The van der Waals surface area contributed by atoms with E-state index in [-0.39, 0.29) is 5.69 Å². The third kappa shape index (κ3) is 1.31. The van der Waals surface area contributed by atoms with Gasteiger partial charge in [0.1, 0.15) is 5.82 Å². The van der Waals surface area contributed by atoms with Gasteiger partial charge in [0, 0.05) is 6.07 Å². The minimum Gasteiger partial charge on any atom is -0.205 e. The van der Waals surface area contributed by atoms with Crippen LogP contribution in [0, 0.1) is 11.2 Å². The summed E-state index contributed by atoms with van der Waals surface area (Å²) in [6.07, 6.45) is 0. The van der Waals surface area contributed by atoms with E-state index in [0.29, 0.717) is 4.47 Å². The Morgan fingerprint density at radius 2 is 2.20 bits per heavy atom. The predicted octanol–water partition coefficient (Wildman–Crippen LogP) is 3.07. The van der Waals surface area contributed by atoms with Gasteiger partial charge in [0.25, 0.3) is 0 Å². The minimum atomic E-state index is -0.435. The molecule has 50 valence electrons. The Kier molecular flexibility index (Phi) is 1.97. The molecule has 0 aliphatic heterocycles. The maximum absolute atomic E-state index is 12.5. The highest BCUT2D eigenvalue weighted by Gasteiger charge is 2.07. The molecule has 0 N–H and O–H groups in total. The van der Waals surface area contributed by atoms with Crippen molar-refractivity contribution < 1.29 is 4.39 Å². The van der Waals surface area contributed by atoms with E-state index in [1.807, 2.05) is 0 Å². The molecule has 1 aromatic rings. The monoisotopic (exact) mass is 201 g/mol. The summed E-state index contributed by atoms with van der Waals surface area (Å²) in [4.78, 5) is 2.81. The molecule has 0 amide bonds. The van der Waals surface area contributed by atoms with E-state index in [1.165, 1.54) is 12.1 Å².